The molecule has 1 aromatic carbocycles. The second-order valence-electron chi connectivity index (χ2n) is 4.24. The second kappa shape index (κ2) is 5.55. The highest BCUT2D eigenvalue weighted by atomic mass is 35.5. The Kier molecular flexibility index (Phi) is 4.04. The van der Waals surface area contributed by atoms with E-state index in [1.807, 2.05) is 25.1 Å². The third kappa shape index (κ3) is 2.57. The molecular formula is C14H17ClN2O. The van der Waals surface area contributed by atoms with E-state index in [0.29, 0.717) is 6.61 Å². The summed E-state index contributed by atoms with van der Waals surface area (Å²) in [7, 11) is 1.67. The smallest absolute Gasteiger partial charge is 0.0885 e. The largest absolute Gasteiger partial charge is 0.385 e. The first kappa shape index (κ1) is 13.1. The number of pyridine rings is 1. The van der Waals surface area contributed by atoms with Crippen LogP contribution >= 0.6 is 11.6 Å². The second-order valence-corrected chi connectivity index (χ2v) is 4.68. The van der Waals surface area contributed by atoms with Gasteiger partial charge in [-0.25, -0.2) is 4.98 Å². The van der Waals surface area contributed by atoms with Crippen LogP contribution in [0.3, 0.4) is 0 Å². The Morgan fingerprint density at radius 1 is 1.33 bits per heavy atom. The number of benzene rings is 1. The fourth-order valence-electron chi connectivity index (χ4n) is 2.07. The van der Waals surface area contributed by atoms with Gasteiger partial charge >= 0.3 is 0 Å². The van der Waals surface area contributed by atoms with E-state index in [1.165, 1.54) is 0 Å². The monoisotopic (exact) mass is 264 g/mol. The molecule has 0 fully saturated rings. The molecular weight excluding hydrogens is 248 g/mol. The Balaban J connectivity index is 2.68. The molecule has 0 unspecified atom stereocenters. The molecule has 0 aliphatic rings. The third-order valence-electron chi connectivity index (χ3n) is 2.78. The molecule has 1 heterocycles. The van der Waals surface area contributed by atoms with Crippen LogP contribution in [0.1, 0.15) is 18.2 Å². The zero-order valence-corrected chi connectivity index (χ0v) is 11.6. The van der Waals surface area contributed by atoms with Crippen molar-refractivity contribution in [1.29, 1.82) is 0 Å². The number of methoxy groups -OCH3 is 1. The van der Waals surface area contributed by atoms with Gasteiger partial charge < -0.3 is 10.1 Å². The van der Waals surface area contributed by atoms with Crippen LogP contribution in [0.2, 0.25) is 5.02 Å². The van der Waals surface area contributed by atoms with Crippen LogP contribution in [-0.2, 0) is 11.3 Å². The van der Waals surface area contributed by atoms with Crippen molar-refractivity contribution in [3.05, 3.63) is 34.5 Å². The summed E-state index contributed by atoms with van der Waals surface area (Å²) in [6.07, 6.45) is 0. The van der Waals surface area contributed by atoms with Crippen LogP contribution in [0.25, 0.3) is 10.9 Å². The summed E-state index contributed by atoms with van der Waals surface area (Å²) >= 11 is 6.12. The number of ether oxygens (including phenoxy) is 1. The Morgan fingerprint density at radius 3 is 2.78 bits per heavy atom. The molecule has 2 aromatic rings. The van der Waals surface area contributed by atoms with Crippen LogP contribution < -0.4 is 5.32 Å². The molecule has 1 N–H and O–H groups in total. The van der Waals surface area contributed by atoms with Gasteiger partial charge in [0.25, 0.3) is 0 Å². The van der Waals surface area contributed by atoms with E-state index >= 15 is 0 Å². The number of aromatic nitrogens is 1. The van der Waals surface area contributed by atoms with Crippen molar-refractivity contribution in [3.63, 3.8) is 0 Å². The number of rotatable bonds is 4. The van der Waals surface area contributed by atoms with E-state index < -0.39 is 0 Å². The van der Waals surface area contributed by atoms with Gasteiger partial charge in [0, 0.05) is 29.8 Å². The predicted octanol–water partition coefficient (Wildman–Crippen LogP) is 3.77. The maximum Gasteiger partial charge on any atom is 0.0885 e. The summed E-state index contributed by atoms with van der Waals surface area (Å²) in [4.78, 5) is 4.62. The van der Waals surface area contributed by atoms with Gasteiger partial charge in [0.2, 0.25) is 0 Å². The lowest BCUT2D eigenvalue weighted by molar-refractivity contribution is 0.182. The number of hydrogen-bond acceptors (Lipinski definition) is 3. The number of nitrogens with zero attached hydrogens (tertiary/aromatic N) is 1. The molecule has 0 aliphatic heterocycles. The molecule has 0 spiro atoms. The molecule has 0 saturated carbocycles. The molecule has 4 heteroatoms. The molecule has 96 valence electrons. The Hall–Kier alpha value is -1.32. The summed E-state index contributed by atoms with van der Waals surface area (Å²) in [6, 6.07) is 5.90. The molecule has 0 atom stereocenters. The van der Waals surface area contributed by atoms with Crippen LogP contribution in [0, 0.1) is 6.92 Å². The summed E-state index contributed by atoms with van der Waals surface area (Å²) in [5, 5.41) is 5.14. The summed E-state index contributed by atoms with van der Waals surface area (Å²) in [5.74, 6) is 0. The highest BCUT2D eigenvalue weighted by Crippen LogP contribution is 2.29. The Bertz CT molecular complexity index is 569. The van der Waals surface area contributed by atoms with E-state index in [-0.39, 0.29) is 0 Å². The van der Waals surface area contributed by atoms with E-state index in [4.69, 9.17) is 16.3 Å². The fraction of sp³-hybridized carbons (Fsp3) is 0.357. The molecule has 0 aliphatic carbocycles. The van der Waals surface area contributed by atoms with Gasteiger partial charge in [-0.1, -0.05) is 11.6 Å². The number of hydrogen-bond donors (Lipinski definition) is 1. The maximum absolute atomic E-state index is 6.12. The van der Waals surface area contributed by atoms with Crippen molar-refractivity contribution in [2.45, 2.75) is 20.5 Å². The number of halogens is 1. The van der Waals surface area contributed by atoms with Gasteiger partial charge in [0.05, 0.1) is 17.8 Å². The molecule has 0 amide bonds. The lowest BCUT2D eigenvalue weighted by Gasteiger charge is -2.12. The van der Waals surface area contributed by atoms with Gasteiger partial charge in [-0.3, -0.25) is 0 Å². The van der Waals surface area contributed by atoms with Crippen molar-refractivity contribution >= 4 is 28.2 Å². The first-order valence-electron chi connectivity index (χ1n) is 5.98. The summed E-state index contributed by atoms with van der Waals surface area (Å²) < 4.78 is 5.16. The van der Waals surface area contributed by atoms with Gasteiger partial charge in [-0.05, 0) is 37.6 Å². The first-order valence-corrected chi connectivity index (χ1v) is 6.36. The molecule has 0 radical (unpaired) electrons. The van der Waals surface area contributed by atoms with Crippen LogP contribution in [0.15, 0.2) is 18.2 Å². The minimum atomic E-state index is 0.510. The van der Waals surface area contributed by atoms with Crippen LogP contribution in [-0.4, -0.2) is 18.6 Å². The SMILES string of the molecule is CCNc1cc(COC)nc2c(C)cc(Cl)cc12. The van der Waals surface area contributed by atoms with Crippen molar-refractivity contribution in [3.8, 4) is 0 Å². The van der Waals surface area contributed by atoms with E-state index in [0.717, 1.165) is 39.4 Å². The van der Waals surface area contributed by atoms with Crippen molar-refractivity contribution in [2.75, 3.05) is 19.0 Å². The average Bonchev–Trinajstić information content (AvgIpc) is 2.31. The molecule has 2 rings (SSSR count). The Morgan fingerprint density at radius 2 is 2.11 bits per heavy atom. The fourth-order valence-corrected chi connectivity index (χ4v) is 2.34. The highest BCUT2D eigenvalue weighted by molar-refractivity contribution is 6.31. The minimum absolute atomic E-state index is 0.510. The standard InChI is InChI=1S/C14H17ClN2O/c1-4-16-13-7-11(8-18-3)17-14-9(2)5-10(15)6-12(13)14/h5-7H,4,8H2,1-3H3,(H,16,17). The number of anilines is 1. The predicted molar refractivity (Wildman–Crippen MR) is 76.4 cm³/mol. The third-order valence-corrected chi connectivity index (χ3v) is 3.00. The quantitative estimate of drug-likeness (QED) is 0.913. The minimum Gasteiger partial charge on any atom is -0.385 e. The zero-order chi connectivity index (χ0) is 13.1. The topological polar surface area (TPSA) is 34.1 Å². The lowest BCUT2D eigenvalue weighted by Crippen LogP contribution is -2.02. The molecule has 18 heavy (non-hydrogen) atoms. The summed E-state index contributed by atoms with van der Waals surface area (Å²) in [6.45, 7) is 5.46. The van der Waals surface area contributed by atoms with Crippen molar-refractivity contribution in [2.24, 2.45) is 0 Å². The zero-order valence-electron chi connectivity index (χ0n) is 10.9. The first-order chi connectivity index (χ1) is 8.65. The van der Waals surface area contributed by atoms with Crippen molar-refractivity contribution in [1.82, 2.24) is 4.98 Å². The van der Waals surface area contributed by atoms with E-state index in [2.05, 4.69) is 17.2 Å². The Labute approximate surface area is 112 Å². The highest BCUT2D eigenvalue weighted by Gasteiger charge is 2.08. The van der Waals surface area contributed by atoms with Crippen LogP contribution in [0.5, 0.6) is 0 Å². The molecule has 1 aromatic heterocycles. The van der Waals surface area contributed by atoms with E-state index in [9.17, 15) is 0 Å². The normalized spacial score (nSPS) is 10.9. The number of nitrogens with one attached hydrogen (secondary N) is 1. The van der Waals surface area contributed by atoms with Gasteiger partial charge in [-0.15, -0.1) is 0 Å². The molecule has 0 bridgehead atoms. The lowest BCUT2D eigenvalue weighted by atomic mass is 10.1. The summed E-state index contributed by atoms with van der Waals surface area (Å²) in [5.41, 5.74) is 4.03. The van der Waals surface area contributed by atoms with Gasteiger partial charge in [-0.2, -0.15) is 0 Å². The van der Waals surface area contributed by atoms with E-state index in [1.54, 1.807) is 7.11 Å². The molecule has 3 nitrogen and oxygen atoms in total. The molecule has 0 saturated heterocycles. The van der Waals surface area contributed by atoms with Gasteiger partial charge in [0.15, 0.2) is 0 Å². The van der Waals surface area contributed by atoms with Gasteiger partial charge in [0.1, 0.15) is 0 Å². The van der Waals surface area contributed by atoms with Crippen LogP contribution in [0.4, 0.5) is 5.69 Å². The average molecular weight is 265 g/mol. The number of fused-ring (bicyclic) bond motifs is 1. The maximum atomic E-state index is 6.12. The number of aryl methyl sites for hydroxylation is 1. The van der Waals surface area contributed by atoms with Crippen molar-refractivity contribution < 1.29 is 4.74 Å².